The molecule has 4 N–H and O–H groups in total. The van der Waals surface area contributed by atoms with Gasteiger partial charge in [0.15, 0.2) is 0 Å². The van der Waals surface area contributed by atoms with Crippen molar-refractivity contribution in [2.45, 2.75) is 31.8 Å². The first kappa shape index (κ1) is 28.2. The number of urea groups is 1. The molecule has 3 aromatic carbocycles. The number of nitrogens with one attached hydrogen (secondary N) is 4. The Morgan fingerprint density at radius 2 is 1.32 bits per heavy atom. The maximum absolute atomic E-state index is 12.8. The molecule has 0 bridgehead atoms. The van der Waals surface area contributed by atoms with Gasteiger partial charge in [-0.2, -0.15) is 5.10 Å². The molecule has 3 amide bonds. The molecule has 0 aliphatic heterocycles. The standard InChI is InChI=1S/C31H36N6O3/c1-30(2,3)36-29(39)40-21-20-32-28(38)34-26-22-33-37(4)27(26)35-31(23-14-8-5-9-15-23,24-16-10-6-11-17-24)25-18-12-7-13-19-25/h5-19,22,35H,20-21H2,1-4H3,(H,36,39)(H2,32,34,38). The monoisotopic (exact) mass is 540 g/mol. The van der Waals surface area contributed by atoms with Gasteiger partial charge in [0.05, 0.1) is 12.7 Å². The third kappa shape index (κ3) is 6.79. The summed E-state index contributed by atoms with van der Waals surface area (Å²) in [5.41, 5.74) is 2.37. The van der Waals surface area contributed by atoms with Gasteiger partial charge in [0.2, 0.25) is 0 Å². The molecule has 0 unspecified atom stereocenters. The van der Waals surface area contributed by atoms with Crippen LogP contribution >= 0.6 is 0 Å². The largest absolute Gasteiger partial charge is 0.448 e. The van der Waals surface area contributed by atoms with Gasteiger partial charge in [0.1, 0.15) is 23.7 Å². The summed E-state index contributed by atoms with van der Waals surface area (Å²) in [4.78, 5) is 24.6. The van der Waals surface area contributed by atoms with Crippen LogP contribution in [0.3, 0.4) is 0 Å². The predicted molar refractivity (Wildman–Crippen MR) is 157 cm³/mol. The Bertz CT molecular complexity index is 1300. The number of aromatic nitrogens is 2. The number of hydrogen-bond donors (Lipinski definition) is 4. The molecule has 208 valence electrons. The summed E-state index contributed by atoms with van der Waals surface area (Å²) in [7, 11) is 1.82. The number of benzene rings is 3. The van der Waals surface area contributed by atoms with E-state index >= 15 is 0 Å². The van der Waals surface area contributed by atoms with Crippen LogP contribution in [0.25, 0.3) is 0 Å². The lowest BCUT2D eigenvalue weighted by atomic mass is 9.77. The zero-order valence-corrected chi connectivity index (χ0v) is 23.3. The predicted octanol–water partition coefficient (Wildman–Crippen LogP) is 5.47. The van der Waals surface area contributed by atoms with E-state index in [1.165, 1.54) is 0 Å². The van der Waals surface area contributed by atoms with Crippen molar-refractivity contribution in [3.8, 4) is 0 Å². The summed E-state index contributed by atoms with van der Waals surface area (Å²) in [5.74, 6) is 0.618. The van der Waals surface area contributed by atoms with Crippen molar-refractivity contribution in [2.24, 2.45) is 7.05 Å². The molecule has 1 heterocycles. The first-order chi connectivity index (χ1) is 19.2. The maximum Gasteiger partial charge on any atom is 0.407 e. The van der Waals surface area contributed by atoms with Gasteiger partial charge >= 0.3 is 12.1 Å². The number of aryl methyl sites for hydroxylation is 1. The van der Waals surface area contributed by atoms with Gasteiger partial charge < -0.3 is 26.0 Å². The summed E-state index contributed by atoms with van der Waals surface area (Å²) in [6.07, 6.45) is 1.06. The quantitative estimate of drug-likeness (QED) is 0.166. The molecule has 9 heteroatoms. The molecular formula is C31H36N6O3. The lowest BCUT2D eigenvalue weighted by molar-refractivity contribution is 0.138. The van der Waals surface area contributed by atoms with Crippen LogP contribution in [0.5, 0.6) is 0 Å². The zero-order valence-electron chi connectivity index (χ0n) is 23.3. The maximum atomic E-state index is 12.8. The molecule has 4 aromatic rings. The van der Waals surface area contributed by atoms with Crippen LogP contribution < -0.4 is 21.3 Å². The summed E-state index contributed by atoms with van der Waals surface area (Å²) >= 11 is 0. The number of ether oxygens (including phenoxy) is 1. The number of amides is 3. The number of hydrogen-bond acceptors (Lipinski definition) is 5. The normalized spacial score (nSPS) is 11.4. The lowest BCUT2D eigenvalue weighted by Crippen LogP contribution is -2.42. The van der Waals surface area contributed by atoms with Crippen LogP contribution in [0.1, 0.15) is 37.5 Å². The van der Waals surface area contributed by atoms with Crippen LogP contribution in [0, 0.1) is 0 Å². The molecular weight excluding hydrogens is 504 g/mol. The van der Waals surface area contributed by atoms with E-state index in [9.17, 15) is 9.59 Å². The highest BCUT2D eigenvalue weighted by molar-refractivity contribution is 5.92. The Morgan fingerprint density at radius 1 is 0.825 bits per heavy atom. The first-order valence-corrected chi connectivity index (χ1v) is 13.2. The fraction of sp³-hybridized carbons (Fsp3) is 0.258. The Morgan fingerprint density at radius 3 is 1.80 bits per heavy atom. The van der Waals surface area contributed by atoms with Gasteiger partial charge in [-0.15, -0.1) is 0 Å². The van der Waals surface area contributed by atoms with Crippen LogP contribution in [0.4, 0.5) is 21.1 Å². The third-order valence-corrected chi connectivity index (χ3v) is 6.21. The summed E-state index contributed by atoms with van der Waals surface area (Å²) in [6, 6.07) is 30.1. The minimum atomic E-state index is -0.793. The number of alkyl carbamates (subject to hydrolysis) is 1. The van der Waals surface area contributed by atoms with Crippen molar-refractivity contribution < 1.29 is 14.3 Å². The Labute approximate surface area is 234 Å². The van der Waals surface area contributed by atoms with E-state index in [-0.39, 0.29) is 13.2 Å². The molecule has 1 aromatic heterocycles. The molecule has 0 radical (unpaired) electrons. The van der Waals surface area contributed by atoms with Crippen molar-refractivity contribution in [1.29, 1.82) is 0 Å². The van der Waals surface area contributed by atoms with Crippen molar-refractivity contribution >= 4 is 23.6 Å². The van der Waals surface area contributed by atoms with E-state index in [4.69, 9.17) is 4.74 Å². The van der Waals surface area contributed by atoms with Crippen molar-refractivity contribution in [1.82, 2.24) is 20.4 Å². The van der Waals surface area contributed by atoms with Crippen LogP contribution in [0.2, 0.25) is 0 Å². The van der Waals surface area contributed by atoms with Crippen molar-refractivity contribution in [3.63, 3.8) is 0 Å². The number of rotatable bonds is 9. The Balaban J connectivity index is 1.59. The zero-order chi connectivity index (χ0) is 28.6. The minimum absolute atomic E-state index is 0.0343. The molecule has 0 saturated heterocycles. The number of anilines is 2. The van der Waals surface area contributed by atoms with E-state index in [0.29, 0.717) is 11.5 Å². The van der Waals surface area contributed by atoms with E-state index in [1.54, 1.807) is 10.9 Å². The Kier molecular flexibility index (Phi) is 8.73. The average Bonchev–Trinajstić information content (AvgIpc) is 3.28. The minimum Gasteiger partial charge on any atom is -0.448 e. The van der Waals surface area contributed by atoms with Gasteiger partial charge in [-0.3, -0.25) is 4.68 Å². The molecule has 0 atom stereocenters. The van der Waals surface area contributed by atoms with Crippen molar-refractivity contribution in [2.75, 3.05) is 23.8 Å². The Hall–Kier alpha value is -4.79. The van der Waals surface area contributed by atoms with Gasteiger partial charge in [-0.1, -0.05) is 91.0 Å². The average molecular weight is 541 g/mol. The van der Waals surface area contributed by atoms with Gasteiger partial charge in [0, 0.05) is 12.6 Å². The highest BCUT2D eigenvalue weighted by atomic mass is 16.5. The number of nitrogens with zero attached hydrogens (tertiary/aromatic N) is 2. The van der Waals surface area contributed by atoms with E-state index in [2.05, 4.69) is 62.8 Å². The van der Waals surface area contributed by atoms with E-state index in [1.807, 2.05) is 82.4 Å². The summed E-state index contributed by atoms with van der Waals surface area (Å²) in [6.45, 7) is 5.77. The van der Waals surface area contributed by atoms with Gasteiger partial charge in [-0.25, -0.2) is 9.59 Å². The molecule has 4 rings (SSSR count). The van der Waals surface area contributed by atoms with Gasteiger partial charge in [-0.05, 0) is 37.5 Å². The topological polar surface area (TPSA) is 109 Å². The van der Waals surface area contributed by atoms with Crippen LogP contribution in [0.15, 0.2) is 97.2 Å². The molecule has 0 aliphatic carbocycles. The second kappa shape index (κ2) is 12.4. The molecule has 0 fully saturated rings. The third-order valence-electron chi connectivity index (χ3n) is 6.21. The van der Waals surface area contributed by atoms with E-state index in [0.717, 1.165) is 16.7 Å². The summed E-state index contributed by atoms with van der Waals surface area (Å²) < 4.78 is 6.83. The second-order valence-corrected chi connectivity index (χ2v) is 10.4. The highest BCUT2D eigenvalue weighted by Crippen LogP contribution is 2.41. The molecule has 0 spiro atoms. The molecule has 0 aliphatic rings. The fourth-order valence-electron chi connectivity index (χ4n) is 4.45. The second-order valence-electron chi connectivity index (χ2n) is 10.4. The molecule has 9 nitrogen and oxygen atoms in total. The van der Waals surface area contributed by atoms with Crippen molar-refractivity contribution in [3.05, 3.63) is 114 Å². The fourth-order valence-corrected chi connectivity index (χ4v) is 4.45. The lowest BCUT2D eigenvalue weighted by Gasteiger charge is -2.38. The van der Waals surface area contributed by atoms with E-state index < -0.39 is 23.2 Å². The highest BCUT2D eigenvalue weighted by Gasteiger charge is 2.37. The first-order valence-electron chi connectivity index (χ1n) is 13.2. The van der Waals surface area contributed by atoms with Crippen LogP contribution in [-0.4, -0.2) is 40.6 Å². The molecule has 40 heavy (non-hydrogen) atoms. The molecule has 0 saturated carbocycles. The van der Waals surface area contributed by atoms with Crippen LogP contribution in [-0.2, 0) is 17.3 Å². The smallest absolute Gasteiger partial charge is 0.407 e. The number of carbonyl (C=O) groups excluding carboxylic acids is 2. The summed E-state index contributed by atoms with van der Waals surface area (Å²) in [5, 5.41) is 16.5. The SMILES string of the molecule is Cn1ncc(NC(=O)NCCOC(=O)NC(C)(C)C)c1NC(c1ccccc1)(c1ccccc1)c1ccccc1. The number of carbonyl (C=O) groups is 2. The van der Waals surface area contributed by atoms with Gasteiger partial charge in [0.25, 0.3) is 0 Å².